The van der Waals surface area contributed by atoms with Gasteiger partial charge < -0.3 is 19.3 Å². The summed E-state index contributed by atoms with van der Waals surface area (Å²) in [4.78, 5) is 12.5. The van der Waals surface area contributed by atoms with Crippen molar-refractivity contribution < 1.29 is 19.3 Å². The number of ether oxygens (including phenoxy) is 3. The first kappa shape index (κ1) is 16.6. The van der Waals surface area contributed by atoms with Crippen LogP contribution in [-0.4, -0.2) is 51.0 Å². The van der Waals surface area contributed by atoms with Gasteiger partial charge >= 0.3 is 0 Å². The molecule has 0 unspecified atom stereocenters. The Balaban J connectivity index is 1.54. The lowest BCUT2D eigenvalue weighted by molar-refractivity contribution is -0.213. The molecule has 3 heterocycles. The SMILES string of the molecule is CC1(C)O[C@@H]2O[C@@H](CO)[C@H](CCn3nnc4ccccc4c3=O)[C@@H]2O1. The summed E-state index contributed by atoms with van der Waals surface area (Å²) in [6, 6.07) is 7.13. The number of aromatic nitrogens is 3. The Kier molecular flexibility index (Phi) is 4.07. The average Bonchev–Trinajstić information content (AvgIpc) is 3.06. The number of hydrogen-bond donors (Lipinski definition) is 1. The molecule has 0 saturated carbocycles. The molecule has 25 heavy (non-hydrogen) atoms. The molecule has 0 amide bonds. The molecule has 0 spiro atoms. The van der Waals surface area contributed by atoms with Crippen LogP contribution in [-0.2, 0) is 20.8 Å². The lowest BCUT2D eigenvalue weighted by atomic mass is 9.95. The molecule has 2 aliphatic rings. The summed E-state index contributed by atoms with van der Waals surface area (Å²) in [5.74, 6) is -0.801. The van der Waals surface area contributed by atoms with Gasteiger partial charge in [0.1, 0.15) is 11.6 Å². The quantitative estimate of drug-likeness (QED) is 0.868. The lowest BCUT2D eigenvalue weighted by Crippen LogP contribution is -2.34. The van der Waals surface area contributed by atoms with Gasteiger partial charge in [-0.2, -0.15) is 0 Å². The van der Waals surface area contributed by atoms with Crippen LogP contribution >= 0.6 is 0 Å². The number of nitrogens with zero attached hydrogens (tertiary/aromatic N) is 3. The zero-order valence-electron chi connectivity index (χ0n) is 14.2. The fourth-order valence-corrected chi connectivity index (χ4v) is 3.61. The predicted octanol–water partition coefficient (Wildman–Crippen LogP) is 0.666. The van der Waals surface area contributed by atoms with E-state index in [4.69, 9.17) is 14.2 Å². The summed E-state index contributed by atoms with van der Waals surface area (Å²) < 4.78 is 18.7. The molecule has 2 aromatic rings. The van der Waals surface area contributed by atoms with Crippen molar-refractivity contribution in [1.82, 2.24) is 15.0 Å². The number of aliphatic hydroxyl groups excluding tert-OH is 1. The van der Waals surface area contributed by atoms with E-state index in [1.807, 2.05) is 19.9 Å². The second-order valence-electron chi connectivity index (χ2n) is 6.91. The Morgan fingerprint density at radius 1 is 1.28 bits per heavy atom. The van der Waals surface area contributed by atoms with E-state index in [2.05, 4.69) is 10.3 Å². The number of aliphatic hydroxyl groups is 1. The highest BCUT2D eigenvalue weighted by Gasteiger charge is 2.54. The van der Waals surface area contributed by atoms with Crippen LogP contribution in [0.1, 0.15) is 20.3 Å². The number of hydrogen-bond acceptors (Lipinski definition) is 7. The van der Waals surface area contributed by atoms with Crippen LogP contribution in [0.3, 0.4) is 0 Å². The summed E-state index contributed by atoms with van der Waals surface area (Å²) in [5, 5.41) is 18.2. The van der Waals surface area contributed by atoms with Crippen molar-refractivity contribution >= 4 is 10.9 Å². The third kappa shape index (κ3) is 2.95. The average molecular weight is 347 g/mol. The van der Waals surface area contributed by atoms with E-state index >= 15 is 0 Å². The Hall–Kier alpha value is -1.87. The third-order valence-corrected chi connectivity index (χ3v) is 4.78. The standard InChI is InChI=1S/C17H21N3O5/c1-17(2)24-14-11(13(9-21)23-16(14)25-17)7-8-20-15(22)10-5-3-4-6-12(10)18-19-20/h3-6,11,13-14,16,21H,7-9H2,1-2H3/t11-,13-,14-,16-/m0/s1. The molecule has 4 atom stereocenters. The van der Waals surface area contributed by atoms with Gasteiger partial charge in [0.15, 0.2) is 12.1 Å². The minimum Gasteiger partial charge on any atom is -0.394 e. The van der Waals surface area contributed by atoms with E-state index in [0.29, 0.717) is 23.9 Å². The third-order valence-electron chi connectivity index (χ3n) is 4.78. The molecule has 1 N–H and O–H groups in total. The normalized spacial score (nSPS) is 30.7. The van der Waals surface area contributed by atoms with Crippen LogP contribution in [0.5, 0.6) is 0 Å². The Morgan fingerprint density at radius 2 is 2.08 bits per heavy atom. The molecule has 0 radical (unpaired) electrons. The topological polar surface area (TPSA) is 95.7 Å². The van der Waals surface area contributed by atoms with E-state index in [1.165, 1.54) is 4.68 Å². The van der Waals surface area contributed by atoms with E-state index in [9.17, 15) is 9.90 Å². The molecule has 134 valence electrons. The van der Waals surface area contributed by atoms with Crippen molar-refractivity contribution in [3.63, 3.8) is 0 Å². The first-order valence-corrected chi connectivity index (χ1v) is 8.43. The maximum absolute atomic E-state index is 12.5. The van der Waals surface area contributed by atoms with Gasteiger partial charge in [0.25, 0.3) is 5.56 Å². The molecule has 2 fully saturated rings. The summed E-state index contributed by atoms with van der Waals surface area (Å²) in [7, 11) is 0. The molecule has 4 rings (SSSR count). The van der Waals surface area contributed by atoms with E-state index in [1.54, 1.807) is 18.2 Å². The van der Waals surface area contributed by atoms with Gasteiger partial charge in [-0.3, -0.25) is 4.79 Å². The molecule has 2 aliphatic heterocycles. The lowest BCUT2D eigenvalue weighted by Gasteiger charge is -2.24. The van der Waals surface area contributed by atoms with Gasteiger partial charge in [-0.15, -0.1) is 5.10 Å². The molecule has 1 aromatic heterocycles. The molecule has 2 saturated heterocycles. The first-order valence-electron chi connectivity index (χ1n) is 8.43. The molecule has 1 aromatic carbocycles. The van der Waals surface area contributed by atoms with Crippen molar-refractivity contribution in [3.05, 3.63) is 34.6 Å². The van der Waals surface area contributed by atoms with Crippen molar-refractivity contribution in [2.45, 2.75) is 51.1 Å². The van der Waals surface area contributed by atoms with Crippen molar-refractivity contribution in [3.8, 4) is 0 Å². The number of rotatable bonds is 4. The van der Waals surface area contributed by atoms with Gasteiger partial charge in [0, 0.05) is 12.5 Å². The monoisotopic (exact) mass is 347 g/mol. The Labute approximate surface area is 144 Å². The number of fused-ring (bicyclic) bond motifs is 2. The fraction of sp³-hybridized carbons (Fsp3) is 0.588. The maximum atomic E-state index is 12.5. The van der Waals surface area contributed by atoms with Crippen molar-refractivity contribution in [2.24, 2.45) is 5.92 Å². The van der Waals surface area contributed by atoms with Gasteiger partial charge in [-0.05, 0) is 32.4 Å². The minimum absolute atomic E-state index is 0.0862. The summed E-state index contributed by atoms with van der Waals surface area (Å²) in [5.41, 5.74) is 0.404. The van der Waals surface area contributed by atoms with E-state index < -0.39 is 12.1 Å². The van der Waals surface area contributed by atoms with Crippen LogP contribution in [0.25, 0.3) is 10.9 Å². The number of benzene rings is 1. The van der Waals surface area contributed by atoms with Crippen LogP contribution in [0, 0.1) is 5.92 Å². The summed E-state index contributed by atoms with van der Waals surface area (Å²) >= 11 is 0. The molecular weight excluding hydrogens is 326 g/mol. The van der Waals surface area contributed by atoms with E-state index in [-0.39, 0.29) is 30.3 Å². The molecule has 8 nitrogen and oxygen atoms in total. The van der Waals surface area contributed by atoms with E-state index in [0.717, 1.165) is 0 Å². The summed E-state index contributed by atoms with van der Waals surface area (Å²) in [6.07, 6.45) is -0.568. The highest BCUT2D eigenvalue weighted by atomic mass is 16.8. The molecular formula is C17H21N3O5. The molecule has 8 heteroatoms. The minimum atomic E-state index is -0.715. The molecule has 0 aliphatic carbocycles. The molecule has 0 bridgehead atoms. The van der Waals surface area contributed by atoms with Crippen LogP contribution in [0.4, 0.5) is 0 Å². The van der Waals surface area contributed by atoms with Gasteiger partial charge in [-0.25, -0.2) is 4.68 Å². The van der Waals surface area contributed by atoms with Crippen LogP contribution < -0.4 is 5.56 Å². The smallest absolute Gasteiger partial charge is 0.277 e. The summed E-state index contributed by atoms with van der Waals surface area (Å²) in [6.45, 7) is 3.91. The predicted molar refractivity (Wildman–Crippen MR) is 87.7 cm³/mol. The first-order chi connectivity index (χ1) is 12.0. The number of aryl methyl sites for hydroxylation is 1. The second kappa shape index (κ2) is 6.14. The highest BCUT2D eigenvalue weighted by Crippen LogP contribution is 2.41. The Morgan fingerprint density at radius 3 is 2.88 bits per heavy atom. The zero-order valence-corrected chi connectivity index (χ0v) is 14.2. The van der Waals surface area contributed by atoms with Gasteiger partial charge in [-0.1, -0.05) is 17.3 Å². The van der Waals surface area contributed by atoms with Crippen LogP contribution in [0.2, 0.25) is 0 Å². The Bertz CT molecular complexity index is 836. The second-order valence-corrected chi connectivity index (χ2v) is 6.91. The highest BCUT2D eigenvalue weighted by molar-refractivity contribution is 5.76. The van der Waals surface area contributed by atoms with Crippen LogP contribution in [0.15, 0.2) is 29.1 Å². The zero-order chi connectivity index (χ0) is 17.6. The van der Waals surface area contributed by atoms with Gasteiger partial charge in [0.05, 0.1) is 18.1 Å². The largest absolute Gasteiger partial charge is 0.394 e. The van der Waals surface area contributed by atoms with Gasteiger partial charge in [0.2, 0.25) is 0 Å². The van der Waals surface area contributed by atoms with Crippen molar-refractivity contribution in [1.29, 1.82) is 0 Å². The fourth-order valence-electron chi connectivity index (χ4n) is 3.61. The maximum Gasteiger partial charge on any atom is 0.277 e. The van der Waals surface area contributed by atoms with Crippen molar-refractivity contribution in [2.75, 3.05) is 6.61 Å².